The van der Waals surface area contributed by atoms with Gasteiger partial charge in [-0.3, -0.25) is 19.9 Å². The summed E-state index contributed by atoms with van der Waals surface area (Å²) in [6, 6.07) is 8.94. The first kappa shape index (κ1) is 15.9. The molecule has 1 amide bonds. The van der Waals surface area contributed by atoms with E-state index in [1.54, 1.807) is 32.2 Å². The average Bonchev–Trinajstić information content (AvgIpc) is 2.52. The lowest BCUT2D eigenvalue weighted by Gasteiger charge is -2.25. The summed E-state index contributed by atoms with van der Waals surface area (Å²) in [7, 11) is 1.62. The Morgan fingerprint density at radius 3 is 2.73 bits per heavy atom. The van der Waals surface area contributed by atoms with Crippen LogP contribution in [0.5, 0.6) is 0 Å². The van der Waals surface area contributed by atoms with Crippen LogP contribution in [0.25, 0.3) is 0 Å². The van der Waals surface area contributed by atoms with Crippen LogP contribution < -0.4 is 0 Å². The number of carbonyl (C=O) groups excluding carboxylic acids is 1. The maximum Gasteiger partial charge on any atom is 0.272 e. The number of nitrogens with zero attached hydrogens (tertiary/aromatic N) is 3. The van der Waals surface area contributed by atoms with Gasteiger partial charge in [0, 0.05) is 30.4 Å². The van der Waals surface area contributed by atoms with Crippen molar-refractivity contribution in [3.8, 4) is 0 Å². The summed E-state index contributed by atoms with van der Waals surface area (Å²) < 4.78 is 0. The molecule has 1 atom stereocenters. The topological polar surface area (TPSA) is 76.3 Å². The Morgan fingerprint density at radius 2 is 2.09 bits per heavy atom. The van der Waals surface area contributed by atoms with E-state index in [1.165, 1.54) is 29.3 Å². The molecule has 1 heterocycles. The predicted octanol–water partition coefficient (Wildman–Crippen LogP) is 3.48. The number of aromatic nitrogens is 1. The lowest BCUT2D eigenvalue weighted by Crippen LogP contribution is -2.30. The van der Waals surface area contributed by atoms with E-state index in [2.05, 4.69) is 4.98 Å². The average molecular weight is 320 g/mol. The van der Waals surface area contributed by atoms with E-state index in [1.807, 2.05) is 0 Å². The summed E-state index contributed by atoms with van der Waals surface area (Å²) in [4.78, 5) is 28.2. The molecular weight excluding hydrogens is 306 g/mol. The maximum atomic E-state index is 12.4. The van der Waals surface area contributed by atoms with Crippen molar-refractivity contribution in [3.05, 3.63) is 69.0 Å². The number of nitro groups is 1. The highest BCUT2D eigenvalue weighted by molar-refractivity contribution is 6.30. The molecule has 0 saturated heterocycles. The van der Waals surface area contributed by atoms with Crippen molar-refractivity contribution in [2.45, 2.75) is 13.0 Å². The van der Waals surface area contributed by atoms with Crippen molar-refractivity contribution in [2.24, 2.45) is 0 Å². The van der Waals surface area contributed by atoms with Gasteiger partial charge in [0.2, 0.25) is 0 Å². The second kappa shape index (κ2) is 6.53. The molecule has 1 unspecified atom stereocenters. The van der Waals surface area contributed by atoms with Gasteiger partial charge >= 0.3 is 0 Å². The number of benzene rings is 1. The predicted molar refractivity (Wildman–Crippen MR) is 82.9 cm³/mol. The Kier molecular flexibility index (Phi) is 4.72. The van der Waals surface area contributed by atoms with Gasteiger partial charge < -0.3 is 4.90 Å². The molecule has 2 rings (SSSR count). The Hall–Kier alpha value is -2.47. The third-order valence-corrected chi connectivity index (χ3v) is 3.64. The minimum absolute atomic E-state index is 0.00826. The second-order valence-corrected chi connectivity index (χ2v) is 5.24. The van der Waals surface area contributed by atoms with Crippen molar-refractivity contribution in [3.63, 3.8) is 0 Å². The van der Waals surface area contributed by atoms with E-state index >= 15 is 0 Å². The van der Waals surface area contributed by atoms with Crippen LogP contribution in [0.4, 0.5) is 5.69 Å². The maximum absolute atomic E-state index is 12.4. The molecule has 1 aromatic carbocycles. The summed E-state index contributed by atoms with van der Waals surface area (Å²) in [6.45, 7) is 1.79. The van der Waals surface area contributed by atoms with Crippen LogP contribution in [0.3, 0.4) is 0 Å². The van der Waals surface area contributed by atoms with Gasteiger partial charge in [-0.2, -0.15) is 0 Å². The number of hydrogen-bond acceptors (Lipinski definition) is 4. The summed E-state index contributed by atoms with van der Waals surface area (Å²) in [5.74, 6) is -0.304. The smallest absolute Gasteiger partial charge is 0.272 e. The minimum Gasteiger partial charge on any atom is -0.334 e. The number of halogens is 1. The van der Waals surface area contributed by atoms with E-state index in [4.69, 9.17) is 11.6 Å². The van der Waals surface area contributed by atoms with Gasteiger partial charge in [0.15, 0.2) is 0 Å². The normalized spacial score (nSPS) is 11.8. The molecule has 0 saturated carbocycles. The molecule has 6 nitrogen and oxygen atoms in total. The van der Waals surface area contributed by atoms with E-state index in [0.717, 1.165) is 0 Å². The zero-order valence-electron chi connectivity index (χ0n) is 12.1. The molecule has 0 spiro atoms. The number of pyridine rings is 1. The number of hydrogen-bond donors (Lipinski definition) is 0. The highest BCUT2D eigenvalue weighted by atomic mass is 35.5. The second-order valence-electron chi connectivity index (χ2n) is 4.80. The number of rotatable bonds is 4. The Bertz CT molecular complexity index is 721. The molecule has 0 fully saturated rings. The van der Waals surface area contributed by atoms with Crippen LogP contribution in [0.1, 0.15) is 29.0 Å². The molecule has 0 N–H and O–H groups in total. The van der Waals surface area contributed by atoms with Crippen molar-refractivity contribution in [2.75, 3.05) is 7.05 Å². The molecular formula is C15H14ClN3O3. The Labute approximate surface area is 132 Å². The third-order valence-electron chi connectivity index (χ3n) is 3.41. The molecule has 0 radical (unpaired) electrons. The monoisotopic (exact) mass is 319 g/mol. The van der Waals surface area contributed by atoms with Gasteiger partial charge in [-0.15, -0.1) is 0 Å². The first-order chi connectivity index (χ1) is 10.4. The van der Waals surface area contributed by atoms with Crippen LogP contribution in [0, 0.1) is 10.1 Å². The molecule has 7 heteroatoms. The lowest BCUT2D eigenvalue weighted by atomic mass is 10.1. The fourth-order valence-corrected chi connectivity index (χ4v) is 2.16. The fourth-order valence-electron chi connectivity index (χ4n) is 2.00. The summed E-state index contributed by atoms with van der Waals surface area (Å²) in [5.41, 5.74) is 0.894. The first-order valence-corrected chi connectivity index (χ1v) is 6.91. The van der Waals surface area contributed by atoms with Crippen molar-refractivity contribution >= 4 is 23.2 Å². The molecule has 2 aromatic rings. The largest absolute Gasteiger partial charge is 0.334 e. The number of nitro benzene ring substituents is 1. The molecule has 22 heavy (non-hydrogen) atoms. The number of amides is 1. The highest BCUT2D eigenvalue weighted by Crippen LogP contribution is 2.24. The zero-order valence-corrected chi connectivity index (χ0v) is 12.8. The van der Waals surface area contributed by atoms with Gasteiger partial charge in [0.05, 0.1) is 11.0 Å². The molecule has 0 aliphatic rings. The quantitative estimate of drug-likeness (QED) is 0.638. The van der Waals surface area contributed by atoms with Gasteiger partial charge in [0.25, 0.3) is 11.6 Å². The molecule has 114 valence electrons. The summed E-state index contributed by atoms with van der Waals surface area (Å²) in [5, 5.41) is 11.3. The summed E-state index contributed by atoms with van der Waals surface area (Å²) in [6.07, 6.45) is 1.46. The number of carbonyl (C=O) groups is 1. The van der Waals surface area contributed by atoms with Crippen molar-refractivity contribution in [1.29, 1.82) is 0 Å². The van der Waals surface area contributed by atoms with Crippen molar-refractivity contribution in [1.82, 2.24) is 9.88 Å². The highest BCUT2D eigenvalue weighted by Gasteiger charge is 2.21. The van der Waals surface area contributed by atoms with Crippen LogP contribution in [-0.4, -0.2) is 27.8 Å². The van der Waals surface area contributed by atoms with Crippen LogP contribution >= 0.6 is 11.6 Å². The van der Waals surface area contributed by atoms with Gasteiger partial charge in [-0.25, -0.2) is 0 Å². The van der Waals surface area contributed by atoms with E-state index in [9.17, 15) is 14.9 Å². The van der Waals surface area contributed by atoms with Crippen LogP contribution in [0.2, 0.25) is 5.02 Å². The van der Waals surface area contributed by atoms with Gasteiger partial charge in [0.1, 0.15) is 5.69 Å². The molecule has 0 bridgehead atoms. The Balaban J connectivity index is 2.25. The number of non-ortho nitro benzene ring substituents is 1. The van der Waals surface area contributed by atoms with E-state index in [-0.39, 0.29) is 23.3 Å². The molecule has 0 aliphatic heterocycles. The molecule has 0 aliphatic carbocycles. The van der Waals surface area contributed by atoms with Gasteiger partial charge in [-0.05, 0) is 24.6 Å². The van der Waals surface area contributed by atoms with E-state index < -0.39 is 4.92 Å². The zero-order chi connectivity index (χ0) is 16.3. The standard InChI is InChI=1S/C15H14ClN3O3/c1-10(11-4-3-5-13(8-11)19(21)22)18(2)15(20)14-9-12(16)6-7-17-14/h3-10H,1-2H3. The first-order valence-electron chi connectivity index (χ1n) is 6.53. The fraction of sp³-hybridized carbons (Fsp3) is 0.200. The van der Waals surface area contributed by atoms with Gasteiger partial charge in [-0.1, -0.05) is 23.7 Å². The van der Waals surface area contributed by atoms with E-state index in [0.29, 0.717) is 10.6 Å². The molecule has 1 aromatic heterocycles. The van der Waals surface area contributed by atoms with Crippen LogP contribution in [0.15, 0.2) is 42.6 Å². The van der Waals surface area contributed by atoms with Crippen molar-refractivity contribution < 1.29 is 9.72 Å². The Morgan fingerprint density at radius 1 is 1.36 bits per heavy atom. The summed E-state index contributed by atoms with van der Waals surface area (Å²) >= 11 is 5.86. The lowest BCUT2D eigenvalue weighted by molar-refractivity contribution is -0.384. The van der Waals surface area contributed by atoms with Crippen LogP contribution in [-0.2, 0) is 0 Å². The SMILES string of the molecule is CC(c1cccc([N+](=O)[O-])c1)N(C)C(=O)c1cc(Cl)ccn1. The minimum atomic E-state index is -0.462. The third kappa shape index (κ3) is 3.40.